The molecule has 0 bridgehead atoms. The number of hydrogen-bond donors (Lipinski definition) is 1. The molecule has 0 aliphatic rings. The Morgan fingerprint density at radius 2 is 1.74 bits per heavy atom. The fourth-order valence-corrected chi connectivity index (χ4v) is 1.88. The molecule has 0 atom stereocenters. The van der Waals surface area contributed by atoms with Crippen molar-refractivity contribution in [2.24, 2.45) is 5.73 Å². The van der Waals surface area contributed by atoms with Gasteiger partial charge < -0.3 is 18.7 Å². The molecule has 0 spiro atoms. The Bertz CT molecular complexity index is 500. The van der Waals surface area contributed by atoms with Crippen LogP contribution in [0.15, 0.2) is 18.2 Å². The molecule has 0 aliphatic carbocycles. The van der Waals surface area contributed by atoms with Gasteiger partial charge in [-0.15, -0.1) is 11.0 Å². The van der Waals surface area contributed by atoms with Crippen molar-refractivity contribution in [3.05, 3.63) is 29.3 Å². The second-order valence-electron chi connectivity index (χ2n) is 5.24. The minimum absolute atomic E-state index is 0. The standard InChI is InChI=1S/C12H16BF3NSi.K/c1-18(2,3)5-4-10-6-11(9-17)8-12(7-10)13(14,15)16;/h6-8H,9,17H2,1-3H3;/q-1;+1. The van der Waals surface area contributed by atoms with E-state index in [4.69, 9.17) is 5.73 Å². The van der Waals surface area contributed by atoms with Gasteiger partial charge in [0.1, 0.15) is 8.07 Å². The van der Waals surface area contributed by atoms with E-state index in [1.807, 2.05) is 19.6 Å². The minimum atomic E-state index is -5.01. The van der Waals surface area contributed by atoms with Crippen LogP contribution in [-0.4, -0.2) is 15.1 Å². The Balaban J connectivity index is 0.00000324. The fourth-order valence-electron chi connectivity index (χ4n) is 1.36. The molecule has 2 N–H and O–H groups in total. The maximum atomic E-state index is 12.7. The number of benzene rings is 1. The molecule has 1 aromatic carbocycles. The van der Waals surface area contributed by atoms with Crippen LogP contribution in [0.2, 0.25) is 19.6 Å². The summed E-state index contributed by atoms with van der Waals surface area (Å²) in [6.45, 7) is 1.21. The summed E-state index contributed by atoms with van der Waals surface area (Å²) in [7, 11) is -1.60. The predicted octanol–water partition coefficient (Wildman–Crippen LogP) is -0.567. The molecule has 0 saturated carbocycles. The average Bonchev–Trinajstić information content (AvgIpc) is 2.24. The van der Waals surface area contributed by atoms with Crippen molar-refractivity contribution >= 4 is 20.5 Å². The van der Waals surface area contributed by atoms with Crippen molar-refractivity contribution in [1.29, 1.82) is 0 Å². The molecular weight excluding hydrogens is 293 g/mol. The third-order valence-corrected chi connectivity index (χ3v) is 3.09. The van der Waals surface area contributed by atoms with Gasteiger partial charge in [-0.1, -0.05) is 37.7 Å². The summed E-state index contributed by atoms with van der Waals surface area (Å²) in [4.78, 5) is 0. The molecule has 0 radical (unpaired) electrons. The minimum Gasteiger partial charge on any atom is -0.445 e. The topological polar surface area (TPSA) is 26.0 Å². The van der Waals surface area contributed by atoms with E-state index in [2.05, 4.69) is 11.5 Å². The van der Waals surface area contributed by atoms with Crippen molar-refractivity contribution in [3.8, 4) is 11.5 Å². The molecule has 0 amide bonds. The zero-order valence-corrected chi connectivity index (χ0v) is 15.9. The molecule has 98 valence electrons. The van der Waals surface area contributed by atoms with Gasteiger partial charge in [0.05, 0.1) is 0 Å². The zero-order chi connectivity index (χ0) is 14.0. The number of nitrogens with two attached hydrogens (primary N) is 1. The quantitative estimate of drug-likeness (QED) is 0.575. The Morgan fingerprint density at radius 3 is 2.16 bits per heavy atom. The smallest absolute Gasteiger partial charge is 0.445 e. The Hall–Kier alpha value is 0.448. The van der Waals surface area contributed by atoms with Crippen LogP contribution in [0.5, 0.6) is 0 Å². The molecule has 1 rings (SSSR count). The van der Waals surface area contributed by atoms with Crippen LogP contribution in [0.4, 0.5) is 12.9 Å². The predicted molar refractivity (Wildman–Crippen MR) is 73.3 cm³/mol. The van der Waals surface area contributed by atoms with Crippen molar-refractivity contribution in [2.75, 3.05) is 0 Å². The largest absolute Gasteiger partial charge is 1.00 e. The van der Waals surface area contributed by atoms with Gasteiger partial charge in [-0.05, 0) is 11.6 Å². The Labute approximate surface area is 156 Å². The van der Waals surface area contributed by atoms with Crippen molar-refractivity contribution in [2.45, 2.75) is 26.2 Å². The summed E-state index contributed by atoms with van der Waals surface area (Å²) < 4.78 is 38.2. The second-order valence-corrected chi connectivity index (χ2v) is 9.99. The van der Waals surface area contributed by atoms with Gasteiger partial charge in [0.25, 0.3) is 0 Å². The monoisotopic (exact) mass is 309 g/mol. The second kappa shape index (κ2) is 7.45. The molecule has 0 aromatic heterocycles. The van der Waals surface area contributed by atoms with E-state index in [-0.39, 0.29) is 57.9 Å². The van der Waals surface area contributed by atoms with Gasteiger partial charge in [0, 0.05) is 12.1 Å². The van der Waals surface area contributed by atoms with Crippen molar-refractivity contribution in [3.63, 3.8) is 0 Å². The fraction of sp³-hybridized carbons (Fsp3) is 0.333. The molecule has 1 nitrogen and oxygen atoms in total. The van der Waals surface area contributed by atoms with Crippen LogP contribution in [-0.2, 0) is 6.54 Å². The van der Waals surface area contributed by atoms with Crippen LogP contribution in [0, 0.1) is 11.5 Å². The van der Waals surface area contributed by atoms with Gasteiger partial charge in [0.2, 0.25) is 0 Å². The third kappa shape index (κ3) is 7.14. The number of hydrogen-bond acceptors (Lipinski definition) is 1. The first-order valence-corrected chi connectivity index (χ1v) is 9.19. The van der Waals surface area contributed by atoms with Gasteiger partial charge in [-0.25, -0.2) is 0 Å². The average molecular weight is 309 g/mol. The van der Waals surface area contributed by atoms with Gasteiger partial charge in [-0.3, -0.25) is 0 Å². The first-order chi connectivity index (χ1) is 8.12. The van der Waals surface area contributed by atoms with Crippen molar-refractivity contribution in [1.82, 2.24) is 0 Å². The summed E-state index contributed by atoms with van der Waals surface area (Å²) in [5.74, 6) is 2.84. The molecular formula is C12H16BF3KNSi. The summed E-state index contributed by atoms with van der Waals surface area (Å²) in [6.07, 6.45) is 0. The van der Waals surface area contributed by atoms with Crippen LogP contribution >= 0.6 is 0 Å². The van der Waals surface area contributed by atoms with E-state index in [1.54, 1.807) is 6.07 Å². The van der Waals surface area contributed by atoms with Crippen LogP contribution in [0.1, 0.15) is 11.1 Å². The molecule has 1 aromatic rings. The molecule has 0 fully saturated rings. The first-order valence-electron chi connectivity index (χ1n) is 5.69. The number of halogens is 3. The SMILES string of the molecule is C[Si](C)(C)C#Cc1cc(CN)cc([B-](F)(F)F)c1.[K+]. The molecule has 7 heteroatoms. The van der Waals surface area contributed by atoms with Crippen LogP contribution in [0.3, 0.4) is 0 Å². The van der Waals surface area contributed by atoms with Crippen molar-refractivity contribution < 1.29 is 64.3 Å². The van der Waals surface area contributed by atoms with E-state index >= 15 is 0 Å². The summed E-state index contributed by atoms with van der Waals surface area (Å²) in [5, 5.41) is 0. The maximum absolute atomic E-state index is 12.7. The third-order valence-electron chi connectivity index (χ3n) is 2.21. The molecule has 0 saturated heterocycles. The molecule has 19 heavy (non-hydrogen) atoms. The van der Waals surface area contributed by atoms with E-state index in [0.717, 1.165) is 12.1 Å². The summed E-state index contributed by atoms with van der Waals surface area (Å²) >= 11 is 0. The van der Waals surface area contributed by atoms with E-state index in [1.165, 1.54) is 0 Å². The molecule has 0 unspecified atom stereocenters. The van der Waals surface area contributed by atoms with E-state index < -0.39 is 20.5 Å². The van der Waals surface area contributed by atoms with Crippen LogP contribution in [0.25, 0.3) is 0 Å². The van der Waals surface area contributed by atoms with Gasteiger partial charge in [-0.2, -0.15) is 0 Å². The molecule has 0 aliphatic heterocycles. The Kier molecular flexibility index (Phi) is 7.63. The molecule has 0 heterocycles. The summed E-state index contributed by atoms with van der Waals surface area (Å²) in [5.41, 5.74) is 8.70. The Morgan fingerprint density at radius 1 is 1.16 bits per heavy atom. The van der Waals surface area contributed by atoms with Gasteiger partial charge in [0.15, 0.2) is 0 Å². The first kappa shape index (κ1) is 19.4. The maximum Gasteiger partial charge on any atom is 1.00 e. The zero-order valence-electron chi connectivity index (χ0n) is 11.7. The number of rotatable bonds is 2. The summed E-state index contributed by atoms with van der Waals surface area (Å²) in [6, 6.07) is 3.82. The van der Waals surface area contributed by atoms with Gasteiger partial charge >= 0.3 is 58.4 Å². The van der Waals surface area contributed by atoms with E-state index in [0.29, 0.717) is 11.1 Å². The van der Waals surface area contributed by atoms with Crippen LogP contribution < -0.4 is 62.6 Å². The normalized spacial score (nSPS) is 11.3. The van der Waals surface area contributed by atoms with E-state index in [9.17, 15) is 12.9 Å².